The number of hydrogen-bond donors (Lipinski definition) is 0. The number of hydrogen-bond acceptors (Lipinski definition) is 3. The molecule has 0 radical (unpaired) electrons. The number of aromatic nitrogens is 2. The molecule has 0 spiro atoms. The van der Waals surface area contributed by atoms with E-state index in [2.05, 4.69) is 36.8 Å². The van der Waals surface area contributed by atoms with Crippen molar-refractivity contribution in [2.24, 2.45) is 0 Å². The van der Waals surface area contributed by atoms with Crippen LogP contribution in [0.15, 0.2) is 74.8 Å². The van der Waals surface area contributed by atoms with Gasteiger partial charge in [-0.1, -0.05) is 68.3 Å². The second-order valence-corrected chi connectivity index (χ2v) is 6.87. The zero-order valence-electron chi connectivity index (χ0n) is 12.7. The fourth-order valence-corrected chi connectivity index (χ4v) is 3.03. The predicted octanol–water partition coefficient (Wildman–Crippen LogP) is 4.40. The molecule has 0 saturated heterocycles. The standard InChI is InChI=1S/C18H14Br2N2O2/c19-15-7-3-1-5-13(15)10-22-12-21-9-17(18(22)23)24-11-14-6-2-4-8-16(14)20/h1-9,12H,10-11H2. The molecule has 0 fully saturated rings. The van der Waals surface area contributed by atoms with Crippen LogP contribution in [0.2, 0.25) is 0 Å². The lowest BCUT2D eigenvalue weighted by Gasteiger charge is -2.10. The van der Waals surface area contributed by atoms with Crippen molar-refractivity contribution in [1.29, 1.82) is 0 Å². The van der Waals surface area contributed by atoms with Crippen molar-refractivity contribution >= 4 is 31.9 Å². The molecule has 0 saturated carbocycles. The van der Waals surface area contributed by atoms with E-state index in [1.807, 2.05) is 48.5 Å². The fraction of sp³-hybridized carbons (Fsp3) is 0.111. The Morgan fingerprint density at radius 1 is 0.958 bits per heavy atom. The van der Waals surface area contributed by atoms with Gasteiger partial charge in [-0.05, 0) is 17.7 Å². The highest BCUT2D eigenvalue weighted by molar-refractivity contribution is 9.10. The summed E-state index contributed by atoms with van der Waals surface area (Å²) in [5.74, 6) is 0.236. The van der Waals surface area contributed by atoms with Gasteiger partial charge in [0.15, 0.2) is 0 Å². The molecular formula is C18H14Br2N2O2. The van der Waals surface area contributed by atoms with Crippen molar-refractivity contribution in [3.8, 4) is 5.75 Å². The van der Waals surface area contributed by atoms with E-state index >= 15 is 0 Å². The average Bonchev–Trinajstić information content (AvgIpc) is 2.59. The summed E-state index contributed by atoms with van der Waals surface area (Å²) in [4.78, 5) is 16.7. The number of ether oxygens (including phenoxy) is 1. The number of nitrogens with zero attached hydrogens (tertiary/aromatic N) is 2. The van der Waals surface area contributed by atoms with Crippen LogP contribution in [0.3, 0.4) is 0 Å². The van der Waals surface area contributed by atoms with E-state index in [1.165, 1.54) is 17.1 Å². The molecule has 0 aliphatic rings. The van der Waals surface area contributed by atoms with Crippen LogP contribution in [0.5, 0.6) is 5.75 Å². The number of rotatable bonds is 5. The maximum atomic E-state index is 12.6. The van der Waals surface area contributed by atoms with Crippen LogP contribution in [-0.4, -0.2) is 9.55 Å². The second kappa shape index (κ2) is 7.77. The number of benzene rings is 2. The summed E-state index contributed by atoms with van der Waals surface area (Å²) in [5, 5.41) is 0. The fourth-order valence-electron chi connectivity index (χ4n) is 2.22. The topological polar surface area (TPSA) is 44.1 Å². The summed E-state index contributed by atoms with van der Waals surface area (Å²) < 4.78 is 9.11. The summed E-state index contributed by atoms with van der Waals surface area (Å²) in [5.41, 5.74) is 1.77. The van der Waals surface area contributed by atoms with Crippen LogP contribution in [0.25, 0.3) is 0 Å². The first-order valence-electron chi connectivity index (χ1n) is 7.29. The molecule has 0 amide bonds. The van der Waals surface area contributed by atoms with Crippen molar-refractivity contribution in [3.05, 3.63) is 91.5 Å². The van der Waals surface area contributed by atoms with E-state index in [0.717, 1.165) is 20.1 Å². The average molecular weight is 450 g/mol. The lowest BCUT2D eigenvalue weighted by molar-refractivity contribution is 0.297. The van der Waals surface area contributed by atoms with Crippen LogP contribution in [-0.2, 0) is 13.2 Å². The monoisotopic (exact) mass is 448 g/mol. The van der Waals surface area contributed by atoms with Crippen molar-refractivity contribution in [2.75, 3.05) is 0 Å². The van der Waals surface area contributed by atoms with Crippen LogP contribution in [0.4, 0.5) is 0 Å². The van der Waals surface area contributed by atoms with E-state index in [0.29, 0.717) is 13.2 Å². The third-order valence-corrected chi connectivity index (χ3v) is 5.06. The summed E-state index contributed by atoms with van der Waals surface area (Å²) in [6.07, 6.45) is 2.97. The van der Waals surface area contributed by atoms with E-state index in [9.17, 15) is 4.79 Å². The van der Waals surface area contributed by atoms with Gasteiger partial charge < -0.3 is 4.74 Å². The van der Waals surface area contributed by atoms with E-state index in [4.69, 9.17) is 4.74 Å². The van der Waals surface area contributed by atoms with E-state index < -0.39 is 0 Å². The molecule has 0 unspecified atom stereocenters. The Morgan fingerprint density at radius 3 is 2.25 bits per heavy atom. The molecule has 0 N–H and O–H groups in total. The Kier molecular flexibility index (Phi) is 5.48. The molecule has 6 heteroatoms. The first-order chi connectivity index (χ1) is 11.6. The minimum atomic E-state index is -0.201. The Hall–Kier alpha value is -1.92. The van der Waals surface area contributed by atoms with Gasteiger partial charge in [0.2, 0.25) is 5.75 Å². The molecule has 1 heterocycles. The van der Waals surface area contributed by atoms with Gasteiger partial charge >= 0.3 is 0 Å². The lowest BCUT2D eigenvalue weighted by atomic mass is 10.2. The minimum Gasteiger partial charge on any atom is -0.482 e. The van der Waals surface area contributed by atoms with Crippen LogP contribution in [0.1, 0.15) is 11.1 Å². The third-order valence-electron chi connectivity index (χ3n) is 3.51. The van der Waals surface area contributed by atoms with Crippen molar-refractivity contribution < 1.29 is 4.74 Å². The minimum absolute atomic E-state index is 0.201. The summed E-state index contributed by atoms with van der Waals surface area (Å²) in [6, 6.07) is 15.5. The lowest BCUT2D eigenvalue weighted by Crippen LogP contribution is -2.22. The Bertz CT molecular complexity index is 909. The quantitative estimate of drug-likeness (QED) is 0.580. The highest BCUT2D eigenvalue weighted by Gasteiger charge is 2.08. The van der Waals surface area contributed by atoms with Gasteiger partial charge in [-0.25, -0.2) is 4.98 Å². The van der Waals surface area contributed by atoms with Crippen molar-refractivity contribution in [1.82, 2.24) is 9.55 Å². The molecule has 0 atom stereocenters. The number of halogens is 2. The van der Waals surface area contributed by atoms with Crippen LogP contribution < -0.4 is 10.3 Å². The van der Waals surface area contributed by atoms with Gasteiger partial charge in [0.05, 0.1) is 19.1 Å². The smallest absolute Gasteiger partial charge is 0.296 e. The first-order valence-corrected chi connectivity index (χ1v) is 8.88. The Morgan fingerprint density at radius 2 is 1.58 bits per heavy atom. The molecular weight excluding hydrogens is 436 g/mol. The van der Waals surface area contributed by atoms with Gasteiger partial charge in [0, 0.05) is 14.5 Å². The molecule has 1 aromatic heterocycles. The van der Waals surface area contributed by atoms with Crippen LogP contribution >= 0.6 is 31.9 Å². The SMILES string of the molecule is O=c1c(OCc2ccccc2Br)cncn1Cc1ccccc1Br. The molecule has 4 nitrogen and oxygen atoms in total. The Balaban J connectivity index is 1.80. The highest BCUT2D eigenvalue weighted by atomic mass is 79.9. The first kappa shape index (κ1) is 16.9. The maximum Gasteiger partial charge on any atom is 0.296 e. The normalized spacial score (nSPS) is 10.6. The van der Waals surface area contributed by atoms with Crippen molar-refractivity contribution in [3.63, 3.8) is 0 Å². The summed E-state index contributed by atoms with van der Waals surface area (Å²) >= 11 is 6.96. The van der Waals surface area contributed by atoms with Gasteiger partial charge in [-0.2, -0.15) is 0 Å². The summed E-state index contributed by atoms with van der Waals surface area (Å²) in [6.45, 7) is 0.733. The Labute approximate surface area is 156 Å². The molecule has 0 aliphatic heterocycles. The zero-order chi connectivity index (χ0) is 16.9. The molecule has 2 aromatic carbocycles. The zero-order valence-corrected chi connectivity index (χ0v) is 15.8. The highest BCUT2D eigenvalue weighted by Crippen LogP contribution is 2.18. The maximum absolute atomic E-state index is 12.6. The second-order valence-electron chi connectivity index (χ2n) is 5.16. The van der Waals surface area contributed by atoms with Crippen molar-refractivity contribution in [2.45, 2.75) is 13.2 Å². The molecule has 3 rings (SSSR count). The van der Waals surface area contributed by atoms with Gasteiger partial charge in [0.1, 0.15) is 6.61 Å². The third kappa shape index (κ3) is 3.94. The molecule has 122 valence electrons. The van der Waals surface area contributed by atoms with Gasteiger partial charge in [0.25, 0.3) is 5.56 Å². The van der Waals surface area contributed by atoms with Gasteiger partial charge in [-0.15, -0.1) is 0 Å². The molecule has 24 heavy (non-hydrogen) atoms. The van der Waals surface area contributed by atoms with Gasteiger partial charge in [-0.3, -0.25) is 9.36 Å². The van der Waals surface area contributed by atoms with E-state index in [-0.39, 0.29) is 11.3 Å². The molecule has 3 aromatic rings. The largest absolute Gasteiger partial charge is 0.482 e. The molecule has 0 bridgehead atoms. The summed E-state index contributed by atoms with van der Waals surface area (Å²) in [7, 11) is 0. The predicted molar refractivity (Wildman–Crippen MR) is 100 cm³/mol. The van der Waals surface area contributed by atoms with Crippen LogP contribution in [0, 0.1) is 0 Å². The van der Waals surface area contributed by atoms with E-state index in [1.54, 1.807) is 0 Å². The molecule has 0 aliphatic carbocycles.